The molecule has 0 bridgehead atoms. The Hall–Kier alpha value is -2.87. The van der Waals surface area contributed by atoms with Gasteiger partial charge in [-0.15, -0.1) is 0 Å². The topological polar surface area (TPSA) is 83.6 Å². The van der Waals surface area contributed by atoms with Crippen molar-refractivity contribution < 1.29 is 13.6 Å². The van der Waals surface area contributed by atoms with E-state index in [1.165, 1.54) is 24.5 Å². The van der Waals surface area contributed by atoms with Crippen LogP contribution in [-0.2, 0) is 17.9 Å². The van der Waals surface area contributed by atoms with Crippen molar-refractivity contribution in [3.63, 3.8) is 0 Å². The molecule has 134 valence electrons. The van der Waals surface area contributed by atoms with E-state index in [0.29, 0.717) is 34.6 Å². The molecule has 0 spiro atoms. The maximum Gasteiger partial charge on any atom is 0.225 e. The van der Waals surface area contributed by atoms with Crippen molar-refractivity contribution in [3.05, 3.63) is 58.6 Å². The summed E-state index contributed by atoms with van der Waals surface area (Å²) in [4.78, 5) is 12.0. The number of amides is 1. The second kappa shape index (κ2) is 8.01. The SMILES string of the molecule is O=C(CCc1ccc(Cl)c(F)c1)Nc1cc(-c2cnncc2CF)[nH]n1. The summed E-state index contributed by atoms with van der Waals surface area (Å²) in [7, 11) is 0. The number of rotatable bonds is 6. The molecular weight excluding hydrogens is 364 g/mol. The van der Waals surface area contributed by atoms with Crippen LogP contribution in [0.4, 0.5) is 14.6 Å². The summed E-state index contributed by atoms with van der Waals surface area (Å²) in [5.74, 6) is -0.498. The fourth-order valence-corrected chi connectivity index (χ4v) is 2.50. The molecular formula is C17H14ClF2N5O. The monoisotopic (exact) mass is 377 g/mol. The number of halogens is 3. The summed E-state index contributed by atoms with van der Waals surface area (Å²) >= 11 is 5.63. The number of benzene rings is 1. The van der Waals surface area contributed by atoms with Gasteiger partial charge in [0.25, 0.3) is 0 Å². The number of anilines is 1. The molecule has 0 unspecified atom stereocenters. The molecule has 3 rings (SSSR count). The van der Waals surface area contributed by atoms with Gasteiger partial charge < -0.3 is 5.32 Å². The van der Waals surface area contributed by atoms with Gasteiger partial charge in [0.1, 0.15) is 12.5 Å². The summed E-state index contributed by atoms with van der Waals surface area (Å²) in [5, 5.41) is 16.7. The Morgan fingerprint density at radius 3 is 2.81 bits per heavy atom. The molecule has 0 saturated carbocycles. The van der Waals surface area contributed by atoms with Gasteiger partial charge in [0, 0.05) is 23.6 Å². The van der Waals surface area contributed by atoms with Crippen LogP contribution in [0.1, 0.15) is 17.5 Å². The van der Waals surface area contributed by atoms with E-state index in [1.54, 1.807) is 12.1 Å². The summed E-state index contributed by atoms with van der Waals surface area (Å²) in [6.45, 7) is -0.691. The Balaban J connectivity index is 1.61. The third-order valence-corrected chi connectivity index (χ3v) is 4.02. The molecule has 0 aliphatic carbocycles. The lowest BCUT2D eigenvalue weighted by Crippen LogP contribution is -2.12. The van der Waals surface area contributed by atoms with Crippen LogP contribution in [0.3, 0.4) is 0 Å². The van der Waals surface area contributed by atoms with E-state index in [4.69, 9.17) is 11.6 Å². The Bertz CT molecular complexity index is 931. The van der Waals surface area contributed by atoms with Crippen molar-refractivity contribution in [1.82, 2.24) is 20.4 Å². The van der Waals surface area contributed by atoms with Gasteiger partial charge >= 0.3 is 0 Å². The highest BCUT2D eigenvalue weighted by atomic mass is 35.5. The number of nitrogens with one attached hydrogen (secondary N) is 2. The van der Waals surface area contributed by atoms with Crippen molar-refractivity contribution in [2.24, 2.45) is 0 Å². The minimum Gasteiger partial charge on any atom is -0.309 e. The molecule has 0 aliphatic rings. The Kier molecular flexibility index (Phi) is 5.52. The molecule has 0 atom stereocenters. The van der Waals surface area contributed by atoms with E-state index in [2.05, 4.69) is 25.7 Å². The van der Waals surface area contributed by atoms with Crippen LogP contribution in [0.25, 0.3) is 11.3 Å². The summed E-state index contributed by atoms with van der Waals surface area (Å²) in [6, 6.07) is 6.00. The van der Waals surface area contributed by atoms with Crippen LogP contribution in [0, 0.1) is 5.82 Å². The molecule has 2 heterocycles. The second-order valence-electron chi connectivity index (χ2n) is 5.53. The third kappa shape index (κ3) is 4.20. The van der Waals surface area contributed by atoms with Gasteiger partial charge in [0.2, 0.25) is 5.91 Å². The highest BCUT2D eigenvalue weighted by Crippen LogP contribution is 2.23. The highest BCUT2D eigenvalue weighted by molar-refractivity contribution is 6.30. The summed E-state index contributed by atoms with van der Waals surface area (Å²) in [5.41, 5.74) is 2.07. The fourth-order valence-electron chi connectivity index (χ4n) is 2.38. The number of alkyl halides is 1. The summed E-state index contributed by atoms with van der Waals surface area (Å²) < 4.78 is 26.4. The third-order valence-electron chi connectivity index (χ3n) is 3.72. The lowest BCUT2D eigenvalue weighted by molar-refractivity contribution is -0.116. The van der Waals surface area contributed by atoms with Gasteiger partial charge in [0.15, 0.2) is 5.82 Å². The molecule has 0 aliphatic heterocycles. The average molecular weight is 378 g/mol. The molecule has 9 heteroatoms. The van der Waals surface area contributed by atoms with E-state index in [0.717, 1.165) is 0 Å². The van der Waals surface area contributed by atoms with Gasteiger partial charge in [-0.2, -0.15) is 15.3 Å². The Morgan fingerprint density at radius 2 is 2.04 bits per heavy atom. The fraction of sp³-hybridized carbons (Fsp3) is 0.176. The molecule has 0 saturated heterocycles. The first-order valence-electron chi connectivity index (χ1n) is 7.72. The van der Waals surface area contributed by atoms with Crippen LogP contribution in [0.15, 0.2) is 36.7 Å². The number of carbonyl (C=O) groups is 1. The van der Waals surface area contributed by atoms with Gasteiger partial charge in [-0.05, 0) is 24.1 Å². The molecule has 1 amide bonds. The predicted octanol–water partition coefficient (Wildman–Crippen LogP) is 3.70. The van der Waals surface area contributed by atoms with Gasteiger partial charge in [-0.1, -0.05) is 17.7 Å². The zero-order valence-electron chi connectivity index (χ0n) is 13.5. The first-order chi connectivity index (χ1) is 12.6. The largest absolute Gasteiger partial charge is 0.309 e. The van der Waals surface area contributed by atoms with E-state index >= 15 is 0 Å². The smallest absolute Gasteiger partial charge is 0.225 e. The van der Waals surface area contributed by atoms with Crippen molar-refractivity contribution in [2.45, 2.75) is 19.5 Å². The number of aromatic amines is 1. The number of H-pyrrole nitrogens is 1. The number of hydrogen-bond acceptors (Lipinski definition) is 4. The second-order valence-corrected chi connectivity index (χ2v) is 5.93. The predicted molar refractivity (Wildman–Crippen MR) is 92.8 cm³/mol. The normalized spacial score (nSPS) is 10.7. The van der Waals surface area contributed by atoms with Crippen LogP contribution in [-0.4, -0.2) is 26.3 Å². The molecule has 26 heavy (non-hydrogen) atoms. The van der Waals surface area contributed by atoms with Crippen LogP contribution < -0.4 is 5.32 Å². The Morgan fingerprint density at radius 1 is 1.23 bits per heavy atom. The van der Waals surface area contributed by atoms with Crippen LogP contribution >= 0.6 is 11.6 Å². The standard InChI is InChI=1S/C17H14ClF2N5O/c18-13-3-1-10(5-14(13)20)2-4-17(26)23-16-6-15(24-25-16)12-9-22-21-8-11(12)7-19/h1,3,5-6,8-9H,2,4,7H2,(H2,23,24,25,26). The minimum atomic E-state index is -0.691. The lowest BCUT2D eigenvalue weighted by atomic mass is 10.1. The molecule has 1 aromatic carbocycles. The van der Waals surface area contributed by atoms with E-state index in [-0.39, 0.29) is 17.4 Å². The van der Waals surface area contributed by atoms with Crippen molar-refractivity contribution >= 4 is 23.3 Å². The van der Waals surface area contributed by atoms with Crippen molar-refractivity contribution in [3.8, 4) is 11.3 Å². The number of carbonyl (C=O) groups excluding carboxylic acids is 1. The van der Waals surface area contributed by atoms with E-state index in [9.17, 15) is 13.6 Å². The van der Waals surface area contributed by atoms with Crippen molar-refractivity contribution in [1.29, 1.82) is 0 Å². The van der Waals surface area contributed by atoms with Crippen molar-refractivity contribution in [2.75, 3.05) is 5.32 Å². The zero-order chi connectivity index (χ0) is 18.5. The number of nitrogens with zero attached hydrogens (tertiary/aromatic N) is 3. The summed E-state index contributed by atoms with van der Waals surface area (Å²) in [6.07, 6.45) is 3.26. The van der Waals surface area contributed by atoms with Gasteiger partial charge in [-0.3, -0.25) is 9.89 Å². The lowest BCUT2D eigenvalue weighted by Gasteiger charge is -2.03. The van der Waals surface area contributed by atoms with Crippen LogP contribution in [0.5, 0.6) is 0 Å². The Labute approximate surface area is 152 Å². The van der Waals surface area contributed by atoms with Gasteiger partial charge in [-0.25, -0.2) is 8.78 Å². The first-order valence-corrected chi connectivity index (χ1v) is 8.09. The van der Waals surface area contributed by atoms with Gasteiger partial charge in [0.05, 0.1) is 23.1 Å². The quantitative estimate of drug-likeness (QED) is 0.686. The first kappa shape index (κ1) is 17.9. The molecule has 0 fully saturated rings. The molecule has 3 aromatic rings. The number of aryl methyl sites for hydroxylation is 1. The van der Waals surface area contributed by atoms with E-state index < -0.39 is 12.5 Å². The zero-order valence-corrected chi connectivity index (χ0v) is 14.2. The number of aromatic nitrogens is 4. The minimum absolute atomic E-state index is 0.0421. The molecule has 0 radical (unpaired) electrons. The van der Waals surface area contributed by atoms with Crippen LogP contribution in [0.2, 0.25) is 5.02 Å². The molecule has 6 nitrogen and oxygen atoms in total. The molecule has 2 N–H and O–H groups in total. The maximum atomic E-state index is 13.4. The number of hydrogen-bond donors (Lipinski definition) is 2. The maximum absolute atomic E-state index is 13.4. The highest BCUT2D eigenvalue weighted by Gasteiger charge is 2.11. The van der Waals surface area contributed by atoms with E-state index in [1.807, 2.05) is 0 Å². The molecule has 2 aromatic heterocycles. The average Bonchev–Trinajstić information content (AvgIpc) is 3.11.